The summed E-state index contributed by atoms with van der Waals surface area (Å²) in [6.45, 7) is 3.49. The number of pyridine rings is 1. The number of hydrogen-bond donors (Lipinski definition) is 0. The topological polar surface area (TPSA) is 112 Å². The first-order valence-corrected chi connectivity index (χ1v) is 17.3. The number of carbonyl (C=O) groups is 2. The van der Waals surface area contributed by atoms with E-state index in [9.17, 15) is 14.4 Å². The van der Waals surface area contributed by atoms with E-state index in [4.69, 9.17) is 28.4 Å². The lowest BCUT2D eigenvalue weighted by Gasteiger charge is -2.43. The number of aryl methyl sites for hydroxylation is 1. The molecule has 6 aromatic rings. The fraction of sp³-hybridized carbons (Fsp3) is 0.205. The monoisotopic (exact) mass is 725 g/mol. The highest BCUT2D eigenvalue weighted by Crippen LogP contribution is 2.49. The molecule has 0 aliphatic carbocycles. The maximum atomic E-state index is 14.5. The maximum absolute atomic E-state index is 14.5. The molecule has 54 heavy (non-hydrogen) atoms. The largest absolute Gasteiger partial charge is 0.497 e. The van der Waals surface area contributed by atoms with Crippen molar-refractivity contribution in [1.82, 2.24) is 4.57 Å². The molecule has 0 fully saturated rings. The third-order valence-electron chi connectivity index (χ3n) is 9.68. The van der Waals surface area contributed by atoms with Gasteiger partial charge in [0, 0.05) is 30.7 Å². The summed E-state index contributed by atoms with van der Waals surface area (Å²) in [6.07, 6.45) is 3.47. The molecule has 0 amide bonds. The molecule has 10 heteroatoms. The summed E-state index contributed by atoms with van der Waals surface area (Å²) in [5.41, 5.74) is 1.43. The van der Waals surface area contributed by atoms with Crippen LogP contribution >= 0.6 is 0 Å². The van der Waals surface area contributed by atoms with Gasteiger partial charge in [0.2, 0.25) is 5.43 Å². The van der Waals surface area contributed by atoms with Crippen molar-refractivity contribution >= 4 is 56.7 Å². The maximum Gasteiger partial charge on any atom is 0.331 e. The van der Waals surface area contributed by atoms with Crippen molar-refractivity contribution in [1.29, 1.82) is 0 Å². The lowest BCUT2D eigenvalue weighted by atomic mass is 9.86. The Morgan fingerprint density at radius 2 is 1.30 bits per heavy atom. The summed E-state index contributed by atoms with van der Waals surface area (Å²) in [4.78, 5) is 41.8. The van der Waals surface area contributed by atoms with Gasteiger partial charge >= 0.3 is 11.9 Å². The number of benzene rings is 5. The molecule has 1 aliphatic rings. The lowest BCUT2D eigenvalue weighted by Crippen LogP contribution is -2.52. The van der Waals surface area contributed by atoms with Crippen molar-refractivity contribution in [3.8, 4) is 23.0 Å². The first-order valence-electron chi connectivity index (χ1n) is 17.3. The highest BCUT2D eigenvalue weighted by Gasteiger charge is 2.50. The Morgan fingerprint density at radius 1 is 0.741 bits per heavy atom. The minimum Gasteiger partial charge on any atom is -0.497 e. The van der Waals surface area contributed by atoms with E-state index in [0.717, 1.165) is 21.9 Å². The average Bonchev–Trinajstić information content (AvgIpc) is 3.18. The Kier molecular flexibility index (Phi) is 9.60. The second-order valence-corrected chi connectivity index (χ2v) is 13.5. The average molecular weight is 726 g/mol. The van der Waals surface area contributed by atoms with Crippen LogP contribution in [0.4, 0.5) is 0 Å². The molecule has 0 bridgehead atoms. The Morgan fingerprint density at radius 3 is 1.85 bits per heavy atom. The van der Waals surface area contributed by atoms with Crippen molar-refractivity contribution in [2.24, 2.45) is 7.05 Å². The SMILES string of the molecule is COc1ccc(C=CC(=O)O[C@H]2c3c(cc(OC)c4c(=O)c5cc6ccccc6cc5n(C)c34)OC(C)(C)[C@H]2OC(=O)C=Cc2ccc(OC)cc2)cc1. The molecular formula is C44H39NO9. The molecule has 10 nitrogen and oxygen atoms in total. The third kappa shape index (κ3) is 6.74. The molecular weight excluding hydrogens is 686 g/mol. The molecule has 1 aliphatic heterocycles. The molecule has 2 atom stereocenters. The van der Waals surface area contributed by atoms with E-state index >= 15 is 0 Å². The molecule has 2 heterocycles. The van der Waals surface area contributed by atoms with Crippen molar-refractivity contribution in [2.75, 3.05) is 21.3 Å². The van der Waals surface area contributed by atoms with Crippen LogP contribution in [0.15, 0.2) is 108 Å². The normalized spacial score (nSPS) is 16.3. The van der Waals surface area contributed by atoms with Crippen LogP contribution in [0.25, 0.3) is 44.7 Å². The van der Waals surface area contributed by atoms with Gasteiger partial charge in [-0.15, -0.1) is 0 Å². The van der Waals surface area contributed by atoms with E-state index in [-0.39, 0.29) is 16.6 Å². The van der Waals surface area contributed by atoms with Crippen LogP contribution in [0.1, 0.15) is 36.6 Å². The van der Waals surface area contributed by atoms with Crippen molar-refractivity contribution in [3.05, 3.63) is 130 Å². The third-order valence-corrected chi connectivity index (χ3v) is 9.68. The Hall–Kier alpha value is -6.55. The number of carbonyl (C=O) groups excluding carboxylic acids is 2. The standard InChI is InChI=1S/C44H39NO9/c1-44(2)43(53-37(47)22-16-27-13-19-31(50-5)20-14-27)42(52-36(46)21-15-26-11-17-30(49-4)18-12-26)39-35(54-44)25-34(51-6)38-40(39)45(3)33-24-29-10-8-7-9-28(29)23-32(33)41(38)48/h7-25,42-43H,1-6H3/t42-,43-/m0/s1. The van der Waals surface area contributed by atoms with Gasteiger partial charge in [0.15, 0.2) is 12.2 Å². The summed E-state index contributed by atoms with van der Waals surface area (Å²) >= 11 is 0. The van der Waals surface area contributed by atoms with Crippen LogP contribution in [0, 0.1) is 0 Å². The van der Waals surface area contributed by atoms with Gasteiger partial charge in [-0.1, -0.05) is 48.5 Å². The van der Waals surface area contributed by atoms with E-state index in [1.54, 1.807) is 94.8 Å². The summed E-state index contributed by atoms with van der Waals surface area (Å²) in [5, 5.41) is 2.61. The molecule has 0 saturated heterocycles. The van der Waals surface area contributed by atoms with Crippen LogP contribution in [0.3, 0.4) is 0 Å². The smallest absolute Gasteiger partial charge is 0.331 e. The number of hydrogen-bond acceptors (Lipinski definition) is 9. The molecule has 0 spiro atoms. The fourth-order valence-corrected chi connectivity index (χ4v) is 6.94. The Bertz CT molecular complexity index is 2530. The predicted octanol–water partition coefficient (Wildman–Crippen LogP) is 7.96. The van der Waals surface area contributed by atoms with Gasteiger partial charge in [-0.05, 0) is 84.3 Å². The van der Waals surface area contributed by atoms with E-state index in [1.807, 2.05) is 48.0 Å². The van der Waals surface area contributed by atoms with Gasteiger partial charge in [-0.25, -0.2) is 9.59 Å². The molecule has 0 saturated carbocycles. The van der Waals surface area contributed by atoms with Gasteiger partial charge in [0.05, 0.1) is 43.3 Å². The Balaban J connectivity index is 1.38. The number of ether oxygens (including phenoxy) is 6. The van der Waals surface area contributed by atoms with Crippen LogP contribution in [-0.2, 0) is 26.1 Å². The van der Waals surface area contributed by atoms with Crippen LogP contribution in [0.5, 0.6) is 23.0 Å². The van der Waals surface area contributed by atoms with E-state index in [1.165, 1.54) is 19.3 Å². The van der Waals surface area contributed by atoms with E-state index in [0.29, 0.717) is 39.2 Å². The molecule has 0 N–H and O–H groups in total. The number of fused-ring (bicyclic) bond motifs is 5. The first-order chi connectivity index (χ1) is 26.0. The molecule has 5 aromatic carbocycles. The number of methoxy groups -OCH3 is 3. The zero-order chi connectivity index (χ0) is 38.1. The van der Waals surface area contributed by atoms with Gasteiger partial charge in [0.25, 0.3) is 0 Å². The van der Waals surface area contributed by atoms with Gasteiger partial charge in [0.1, 0.15) is 28.6 Å². The summed E-state index contributed by atoms with van der Waals surface area (Å²) in [6, 6.07) is 27.6. The minimum atomic E-state index is -1.22. The van der Waals surface area contributed by atoms with Crippen molar-refractivity contribution in [2.45, 2.75) is 31.7 Å². The second-order valence-electron chi connectivity index (χ2n) is 13.5. The molecule has 7 rings (SSSR count). The fourth-order valence-electron chi connectivity index (χ4n) is 6.94. The number of nitrogens with zero attached hydrogens (tertiary/aromatic N) is 1. The predicted molar refractivity (Wildman–Crippen MR) is 208 cm³/mol. The van der Waals surface area contributed by atoms with E-state index in [2.05, 4.69) is 0 Å². The highest BCUT2D eigenvalue weighted by atomic mass is 16.6. The number of esters is 2. The zero-order valence-corrected chi connectivity index (χ0v) is 30.7. The summed E-state index contributed by atoms with van der Waals surface area (Å²) < 4.78 is 37.2. The van der Waals surface area contributed by atoms with Gasteiger partial charge in [-0.2, -0.15) is 0 Å². The molecule has 0 unspecified atom stereocenters. The first kappa shape index (κ1) is 35.8. The molecule has 0 radical (unpaired) electrons. The van der Waals surface area contributed by atoms with Crippen molar-refractivity contribution in [3.63, 3.8) is 0 Å². The quantitative estimate of drug-likeness (QED) is 0.0833. The van der Waals surface area contributed by atoms with Crippen LogP contribution < -0.4 is 24.4 Å². The van der Waals surface area contributed by atoms with Crippen LogP contribution in [0.2, 0.25) is 0 Å². The second kappa shape index (κ2) is 14.5. The molecule has 1 aromatic heterocycles. The van der Waals surface area contributed by atoms with Crippen LogP contribution in [-0.4, -0.2) is 49.5 Å². The minimum absolute atomic E-state index is 0.268. The number of aromatic nitrogens is 1. The lowest BCUT2D eigenvalue weighted by molar-refractivity contribution is -0.184. The van der Waals surface area contributed by atoms with Gasteiger partial charge in [-0.3, -0.25) is 4.79 Å². The van der Waals surface area contributed by atoms with Gasteiger partial charge < -0.3 is 33.0 Å². The highest BCUT2D eigenvalue weighted by molar-refractivity contribution is 6.04. The van der Waals surface area contributed by atoms with E-state index < -0.39 is 29.7 Å². The summed E-state index contributed by atoms with van der Waals surface area (Å²) in [7, 11) is 6.47. The summed E-state index contributed by atoms with van der Waals surface area (Å²) in [5.74, 6) is 0.578. The zero-order valence-electron chi connectivity index (χ0n) is 30.7. The molecule has 274 valence electrons. The Labute approximate surface area is 311 Å². The number of rotatable bonds is 9. The van der Waals surface area contributed by atoms with Crippen molar-refractivity contribution < 1.29 is 38.0 Å².